The lowest BCUT2D eigenvalue weighted by atomic mass is 9.87. The highest BCUT2D eigenvalue weighted by atomic mass is 16.6. The molecule has 0 spiro atoms. The minimum atomic E-state index is -0.637. The lowest BCUT2D eigenvalue weighted by molar-refractivity contribution is -0.168. The zero-order chi connectivity index (χ0) is 12.2. The van der Waals surface area contributed by atoms with Crippen LogP contribution in [0.1, 0.15) is 33.1 Å². The van der Waals surface area contributed by atoms with Gasteiger partial charge < -0.3 is 14.6 Å². The second kappa shape index (κ2) is 3.95. The molecule has 0 aromatic carbocycles. The van der Waals surface area contributed by atoms with Crippen molar-refractivity contribution in [3.05, 3.63) is 0 Å². The normalized spacial score (nSPS) is 48.4. The average molecular weight is 240 g/mol. The molecule has 4 nitrogen and oxygen atoms in total. The third kappa shape index (κ3) is 1.61. The second-order valence-electron chi connectivity index (χ2n) is 5.76. The van der Waals surface area contributed by atoms with Gasteiger partial charge in [-0.25, -0.2) is 0 Å². The van der Waals surface area contributed by atoms with Crippen LogP contribution in [-0.4, -0.2) is 29.6 Å². The Balaban J connectivity index is 1.68. The van der Waals surface area contributed by atoms with Crippen LogP contribution in [0, 0.1) is 23.7 Å². The lowest BCUT2D eigenvalue weighted by Gasteiger charge is -2.27. The Labute approximate surface area is 101 Å². The van der Waals surface area contributed by atoms with Gasteiger partial charge in [-0.2, -0.15) is 0 Å². The summed E-state index contributed by atoms with van der Waals surface area (Å²) in [4.78, 5) is 11.8. The Morgan fingerprint density at radius 2 is 2.18 bits per heavy atom. The van der Waals surface area contributed by atoms with E-state index in [2.05, 4.69) is 0 Å². The molecule has 1 N–H and O–H groups in total. The quantitative estimate of drug-likeness (QED) is 0.756. The zero-order valence-corrected chi connectivity index (χ0v) is 10.3. The minimum absolute atomic E-state index is 0.0451. The molecule has 0 radical (unpaired) electrons. The largest absolute Gasteiger partial charge is 0.459 e. The number of ether oxygens (including phenoxy) is 2. The van der Waals surface area contributed by atoms with E-state index >= 15 is 0 Å². The summed E-state index contributed by atoms with van der Waals surface area (Å²) in [6.45, 7) is 3.88. The monoisotopic (exact) mass is 240 g/mol. The molecule has 4 heteroatoms. The zero-order valence-electron chi connectivity index (χ0n) is 10.3. The molecule has 3 rings (SSSR count). The second-order valence-corrected chi connectivity index (χ2v) is 5.76. The predicted molar refractivity (Wildman–Crippen MR) is 59.9 cm³/mol. The molecule has 1 aliphatic heterocycles. The van der Waals surface area contributed by atoms with Crippen molar-refractivity contribution in [3.63, 3.8) is 0 Å². The lowest BCUT2D eigenvalue weighted by Crippen LogP contribution is -2.37. The molecule has 1 saturated heterocycles. The van der Waals surface area contributed by atoms with Crippen LogP contribution in [0.3, 0.4) is 0 Å². The van der Waals surface area contributed by atoms with Crippen molar-refractivity contribution >= 4 is 5.97 Å². The molecular formula is C13H20O4. The van der Waals surface area contributed by atoms with Gasteiger partial charge in [0.2, 0.25) is 0 Å². The molecule has 3 aliphatic rings. The summed E-state index contributed by atoms with van der Waals surface area (Å²) in [5.74, 6) is 0.927. The molecule has 2 aliphatic carbocycles. The van der Waals surface area contributed by atoms with Gasteiger partial charge in [-0.1, -0.05) is 13.8 Å². The van der Waals surface area contributed by atoms with Crippen molar-refractivity contribution in [2.75, 3.05) is 0 Å². The Kier molecular flexibility index (Phi) is 2.67. The Hall–Kier alpha value is -0.610. The van der Waals surface area contributed by atoms with Gasteiger partial charge in [0.25, 0.3) is 0 Å². The highest BCUT2D eigenvalue weighted by molar-refractivity contribution is 5.72. The molecule has 2 bridgehead atoms. The van der Waals surface area contributed by atoms with Crippen molar-refractivity contribution in [2.24, 2.45) is 23.7 Å². The highest BCUT2D eigenvalue weighted by Crippen LogP contribution is 2.56. The number of hydrogen-bond donors (Lipinski definition) is 1. The van der Waals surface area contributed by atoms with Crippen molar-refractivity contribution in [1.29, 1.82) is 0 Å². The number of esters is 1. The fourth-order valence-corrected chi connectivity index (χ4v) is 3.65. The summed E-state index contributed by atoms with van der Waals surface area (Å²) >= 11 is 0. The Bertz CT molecular complexity index is 329. The van der Waals surface area contributed by atoms with E-state index in [1.165, 1.54) is 0 Å². The average Bonchev–Trinajstić information content (AvgIpc) is 2.92. The number of hydrogen-bond acceptors (Lipinski definition) is 4. The van der Waals surface area contributed by atoms with E-state index < -0.39 is 6.29 Å². The maximum atomic E-state index is 11.8. The van der Waals surface area contributed by atoms with Crippen molar-refractivity contribution in [3.8, 4) is 0 Å². The first kappa shape index (κ1) is 11.5. The summed E-state index contributed by atoms with van der Waals surface area (Å²) in [7, 11) is 0. The molecule has 0 amide bonds. The van der Waals surface area contributed by atoms with Crippen LogP contribution in [0.2, 0.25) is 0 Å². The summed E-state index contributed by atoms with van der Waals surface area (Å²) in [5, 5.41) is 9.74. The van der Waals surface area contributed by atoms with Gasteiger partial charge in [-0.15, -0.1) is 0 Å². The first-order valence-corrected chi connectivity index (χ1v) is 6.65. The molecule has 6 unspecified atom stereocenters. The molecule has 96 valence electrons. The Morgan fingerprint density at radius 3 is 2.88 bits per heavy atom. The van der Waals surface area contributed by atoms with Crippen molar-refractivity contribution in [1.82, 2.24) is 0 Å². The molecule has 3 fully saturated rings. The van der Waals surface area contributed by atoms with E-state index in [0.717, 1.165) is 19.3 Å². The summed E-state index contributed by atoms with van der Waals surface area (Å²) in [5.41, 5.74) is 0. The number of carbonyl (C=O) groups excluding carboxylic acids is 1. The Morgan fingerprint density at radius 1 is 1.47 bits per heavy atom. The van der Waals surface area contributed by atoms with Crippen LogP contribution in [0.25, 0.3) is 0 Å². The van der Waals surface area contributed by atoms with Crippen LogP contribution in [0.4, 0.5) is 0 Å². The van der Waals surface area contributed by atoms with E-state index in [0.29, 0.717) is 11.8 Å². The molecule has 0 aromatic heterocycles. The van der Waals surface area contributed by atoms with Crippen LogP contribution in [-0.2, 0) is 14.3 Å². The molecule has 7 atom stereocenters. The number of aliphatic hydroxyl groups excluding tert-OH is 1. The van der Waals surface area contributed by atoms with Crippen molar-refractivity contribution < 1.29 is 19.4 Å². The van der Waals surface area contributed by atoms with E-state index in [-0.39, 0.29) is 30.0 Å². The maximum Gasteiger partial charge on any atom is 0.309 e. The fraction of sp³-hybridized carbons (Fsp3) is 0.923. The van der Waals surface area contributed by atoms with Gasteiger partial charge in [0.05, 0.1) is 5.92 Å². The summed E-state index contributed by atoms with van der Waals surface area (Å²) in [6.07, 6.45) is 1.99. The van der Waals surface area contributed by atoms with Crippen LogP contribution in [0.15, 0.2) is 0 Å². The number of fused-ring (bicyclic) bond motifs is 1. The maximum absolute atomic E-state index is 11.8. The first-order valence-electron chi connectivity index (χ1n) is 6.65. The molecule has 0 aromatic rings. The van der Waals surface area contributed by atoms with Gasteiger partial charge in [0.1, 0.15) is 12.2 Å². The summed E-state index contributed by atoms with van der Waals surface area (Å²) in [6, 6.07) is 0. The minimum Gasteiger partial charge on any atom is -0.459 e. The van der Waals surface area contributed by atoms with E-state index in [1.807, 2.05) is 13.8 Å². The van der Waals surface area contributed by atoms with Gasteiger partial charge in [0, 0.05) is 5.92 Å². The predicted octanol–water partition coefficient (Wildman–Crippen LogP) is 1.32. The number of rotatable bonds is 3. The topological polar surface area (TPSA) is 55.8 Å². The van der Waals surface area contributed by atoms with E-state index in [9.17, 15) is 9.90 Å². The smallest absolute Gasteiger partial charge is 0.309 e. The number of aliphatic hydroxyl groups is 1. The van der Waals surface area contributed by atoms with E-state index in [4.69, 9.17) is 9.47 Å². The third-order valence-corrected chi connectivity index (χ3v) is 4.84. The highest BCUT2D eigenvalue weighted by Gasteiger charge is 2.62. The van der Waals surface area contributed by atoms with Gasteiger partial charge in [0.15, 0.2) is 6.29 Å². The van der Waals surface area contributed by atoms with Crippen LogP contribution < -0.4 is 0 Å². The fourth-order valence-electron chi connectivity index (χ4n) is 3.65. The third-order valence-electron chi connectivity index (χ3n) is 4.84. The molecule has 1 heterocycles. The van der Waals surface area contributed by atoms with Gasteiger partial charge in [-0.05, 0) is 31.1 Å². The van der Waals surface area contributed by atoms with Gasteiger partial charge >= 0.3 is 5.97 Å². The summed E-state index contributed by atoms with van der Waals surface area (Å²) < 4.78 is 11.1. The molecule has 2 saturated carbocycles. The van der Waals surface area contributed by atoms with E-state index in [1.54, 1.807) is 0 Å². The SMILES string of the molecule is CCC(C)C(=O)OC1C2CC3C1O[C@H](O)C3C2. The molecular weight excluding hydrogens is 220 g/mol. The van der Waals surface area contributed by atoms with Gasteiger partial charge in [-0.3, -0.25) is 4.79 Å². The standard InChI is InChI=1S/C13H20O4/c1-3-6(2)12(14)16-10-7-4-8-9(5-7)13(15)17-11(8)10/h6-11,13,15H,3-5H2,1-2H3/t6?,7?,8?,9?,10?,11?,13-/m0/s1. The number of carbonyl (C=O) groups is 1. The van der Waals surface area contributed by atoms with Crippen molar-refractivity contribution in [2.45, 2.75) is 51.6 Å². The first-order chi connectivity index (χ1) is 8.11. The molecule has 17 heavy (non-hydrogen) atoms. The van der Waals surface area contributed by atoms with Crippen LogP contribution >= 0.6 is 0 Å². The van der Waals surface area contributed by atoms with Crippen LogP contribution in [0.5, 0.6) is 0 Å².